The van der Waals surface area contributed by atoms with E-state index in [1.165, 1.54) is 4.90 Å². The quantitative estimate of drug-likeness (QED) is 0.291. The molecule has 12 heteroatoms. The first-order chi connectivity index (χ1) is 21.2. The van der Waals surface area contributed by atoms with Gasteiger partial charge < -0.3 is 19.3 Å². The van der Waals surface area contributed by atoms with E-state index in [0.29, 0.717) is 35.9 Å². The van der Waals surface area contributed by atoms with Gasteiger partial charge in [-0.05, 0) is 43.5 Å². The number of benzene rings is 2. The molecule has 6 rings (SSSR count). The summed E-state index contributed by atoms with van der Waals surface area (Å²) in [5.74, 6) is -1.81. The maximum atomic E-state index is 13.8. The first-order valence-electron chi connectivity index (χ1n) is 14.6. The lowest BCUT2D eigenvalue weighted by atomic mass is 9.94. The highest BCUT2D eigenvalue weighted by Crippen LogP contribution is 2.39. The van der Waals surface area contributed by atoms with Gasteiger partial charge in [0.05, 0.1) is 36.9 Å². The number of hydrogen-bond donors (Lipinski definition) is 0. The van der Waals surface area contributed by atoms with Crippen molar-refractivity contribution in [2.75, 3.05) is 38.1 Å². The first kappa shape index (κ1) is 29.9. The van der Waals surface area contributed by atoms with Gasteiger partial charge in [0.25, 0.3) is 5.91 Å². The van der Waals surface area contributed by atoms with E-state index in [0.717, 1.165) is 34.9 Å². The molecule has 1 aromatic heterocycles. The number of esters is 1. The minimum absolute atomic E-state index is 0.000926. The van der Waals surface area contributed by atoms with Crippen molar-refractivity contribution >= 4 is 40.1 Å². The maximum absolute atomic E-state index is 13.8. The van der Waals surface area contributed by atoms with Gasteiger partial charge in [-0.3, -0.25) is 9.69 Å². The second kappa shape index (κ2) is 12.5. The number of hydrogen-bond acceptors (Lipinski definition) is 9. The zero-order chi connectivity index (χ0) is 31.0. The number of likely N-dealkylation sites (N-methyl/N-ethyl adjacent to an activating group) is 1. The lowest BCUT2D eigenvalue weighted by molar-refractivity contribution is -0.139. The highest BCUT2D eigenvalue weighted by atomic mass is 35.5. The van der Waals surface area contributed by atoms with E-state index in [1.807, 2.05) is 53.2 Å². The van der Waals surface area contributed by atoms with E-state index >= 15 is 0 Å². The summed E-state index contributed by atoms with van der Waals surface area (Å²) in [7, 11) is 1.89. The van der Waals surface area contributed by atoms with Crippen LogP contribution < -0.4 is 9.64 Å². The second-order valence-electron chi connectivity index (χ2n) is 11.4. The van der Waals surface area contributed by atoms with Gasteiger partial charge in [-0.25, -0.2) is 9.18 Å². The topological polar surface area (TPSA) is 112 Å². The fourth-order valence-corrected chi connectivity index (χ4v) is 6.74. The van der Waals surface area contributed by atoms with E-state index in [2.05, 4.69) is 17.6 Å². The van der Waals surface area contributed by atoms with E-state index < -0.39 is 23.7 Å². The maximum Gasteiger partial charge on any atom is 0.331 e. The van der Waals surface area contributed by atoms with Crippen LogP contribution in [0.2, 0.25) is 5.02 Å². The number of anilines is 1. The highest BCUT2D eigenvalue weighted by Gasteiger charge is 2.36. The Labute approximate surface area is 259 Å². The number of halogens is 2. The monoisotopic (exact) mass is 618 g/mol. The van der Waals surface area contributed by atoms with Gasteiger partial charge >= 0.3 is 12.0 Å². The third kappa shape index (κ3) is 5.73. The largest absolute Gasteiger partial charge is 0.390 e. The molecule has 2 fully saturated rings. The van der Waals surface area contributed by atoms with Crippen molar-refractivity contribution in [1.82, 2.24) is 19.8 Å². The van der Waals surface area contributed by atoms with Crippen molar-refractivity contribution in [3.63, 3.8) is 0 Å². The van der Waals surface area contributed by atoms with Gasteiger partial charge in [0, 0.05) is 42.0 Å². The highest BCUT2D eigenvalue weighted by molar-refractivity contribution is 6.35. The molecule has 0 spiro atoms. The molecule has 2 saturated heterocycles. The van der Waals surface area contributed by atoms with Crippen molar-refractivity contribution in [2.24, 2.45) is 0 Å². The minimum Gasteiger partial charge on any atom is -0.390 e. The number of nitriles is 1. The van der Waals surface area contributed by atoms with E-state index in [-0.39, 0.29) is 44.3 Å². The summed E-state index contributed by atoms with van der Waals surface area (Å²) < 4.78 is 26.0. The van der Waals surface area contributed by atoms with Gasteiger partial charge in [0.15, 0.2) is 5.83 Å². The average Bonchev–Trinajstić information content (AvgIpc) is 3.46. The number of likely N-dealkylation sites (tertiary alicyclic amines) is 1. The van der Waals surface area contributed by atoms with Crippen molar-refractivity contribution < 1.29 is 23.5 Å². The summed E-state index contributed by atoms with van der Waals surface area (Å²) in [5, 5.41) is 12.0. The summed E-state index contributed by atoms with van der Waals surface area (Å²) in [5.41, 5.74) is 2.33. The molecule has 0 aliphatic carbocycles. The van der Waals surface area contributed by atoms with Crippen LogP contribution in [0.5, 0.6) is 6.01 Å². The summed E-state index contributed by atoms with van der Waals surface area (Å²) in [6.45, 7) is 4.81. The molecule has 0 radical (unpaired) electrons. The number of carbonyl (C=O) groups is 2. The first-order valence-corrected chi connectivity index (χ1v) is 15.0. The van der Waals surface area contributed by atoms with Crippen LogP contribution >= 0.6 is 11.6 Å². The Morgan fingerprint density at radius 2 is 2.00 bits per heavy atom. The third-order valence-corrected chi connectivity index (χ3v) is 8.99. The third-order valence-electron chi connectivity index (χ3n) is 8.68. The number of ether oxygens (including phenoxy) is 2. The van der Waals surface area contributed by atoms with E-state index in [4.69, 9.17) is 26.1 Å². The van der Waals surface area contributed by atoms with E-state index in [1.54, 1.807) is 0 Å². The zero-order valence-corrected chi connectivity index (χ0v) is 25.1. The van der Waals surface area contributed by atoms with Gasteiger partial charge in [0.2, 0.25) is 0 Å². The summed E-state index contributed by atoms with van der Waals surface area (Å²) in [6, 6.07) is 12.8. The summed E-state index contributed by atoms with van der Waals surface area (Å²) >= 11 is 6.63. The molecular weight excluding hydrogens is 587 g/mol. The van der Waals surface area contributed by atoms with Crippen molar-refractivity contribution in [2.45, 2.75) is 50.5 Å². The number of nitrogens with zero attached hydrogens (tertiary/aromatic N) is 6. The Morgan fingerprint density at radius 1 is 1.20 bits per heavy atom. The molecule has 0 N–H and O–H groups in total. The molecule has 228 valence electrons. The number of aromatic nitrogens is 2. The molecule has 3 atom stereocenters. The smallest absolute Gasteiger partial charge is 0.331 e. The van der Waals surface area contributed by atoms with Crippen LogP contribution in [0.15, 0.2) is 48.8 Å². The van der Waals surface area contributed by atoms with Crippen LogP contribution in [0.1, 0.15) is 42.2 Å². The standard InChI is InChI=1S/C32H32ClFN6O4/c1-19(34)30(41)40-15-14-39(17-21(40)11-12-35)29-23-18-43-27(22-8-3-6-20-7-4-9-24(33)28(20)22)16-25(23)36-32(37-29)44-31(42)26-10-5-13-38(26)2/h3-4,6-9,21,26-27H,1,5,10-11,13-18H2,2H3/t21-,26-,27?/m0/s1. The van der Waals surface area contributed by atoms with Crippen LogP contribution in [0.4, 0.5) is 10.2 Å². The second-order valence-corrected chi connectivity index (χ2v) is 11.8. The van der Waals surface area contributed by atoms with Crippen LogP contribution in [0, 0.1) is 11.3 Å². The molecule has 3 aromatic rings. The average molecular weight is 619 g/mol. The molecule has 3 aliphatic heterocycles. The van der Waals surface area contributed by atoms with Gasteiger partial charge in [-0.2, -0.15) is 15.2 Å². The Kier molecular flexibility index (Phi) is 8.49. The lowest BCUT2D eigenvalue weighted by Gasteiger charge is -2.42. The molecule has 0 saturated carbocycles. The lowest BCUT2D eigenvalue weighted by Crippen LogP contribution is -2.55. The van der Waals surface area contributed by atoms with Gasteiger partial charge in [-0.15, -0.1) is 0 Å². The van der Waals surface area contributed by atoms with Crippen LogP contribution in [0.3, 0.4) is 0 Å². The minimum atomic E-state index is -1.07. The molecule has 3 aliphatic rings. The summed E-state index contributed by atoms with van der Waals surface area (Å²) in [4.78, 5) is 40.2. The molecule has 10 nitrogen and oxygen atoms in total. The Morgan fingerprint density at radius 3 is 2.73 bits per heavy atom. The normalized spacial score (nSPS) is 22.0. The molecule has 4 heterocycles. The Hall–Kier alpha value is -4.11. The number of piperazine rings is 1. The van der Waals surface area contributed by atoms with Crippen LogP contribution in [0.25, 0.3) is 10.8 Å². The number of fused-ring (bicyclic) bond motifs is 2. The zero-order valence-electron chi connectivity index (χ0n) is 24.3. The molecular formula is C32H32ClFN6O4. The number of carbonyl (C=O) groups excluding carboxylic acids is 2. The molecule has 1 unspecified atom stereocenters. The Bertz CT molecular complexity index is 1670. The number of amides is 1. The Balaban J connectivity index is 1.36. The molecule has 2 aromatic carbocycles. The van der Waals surface area contributed by atoms with Crippen molar-refractivity contribution in [3.05, 3.63) is 70.6 Å². The number of rotatable bonds is 6. The molecule has 1 amide bonds. The fraction of sp³-hybridized carbons (Fsp3) is 0.406. The van der Waals surface area contributed by atoms with E-state index in [9.17, 15) is 19.2 Å². The predicted molar refractivity (Wildman–Crippen MR) is 162 cm³/mol. The predicted octanol–water partition coefficient (Wildman–Crippen LogP) is 4.51. The van der Waals surface area contributed by atoms with Crippen molar-refractivity contribution in [3.8, 4) is 12.1 Å². The van der Waals surface area contributed by atoms with Gasteiger partial charge in [-0.1, -0.05) is 48.5 Å². The molecule has 44 heavy (non-hydrogen) atoms. The van der Waals surface area contributed by atoms with Crippen LogP contribution in [-0.2, 0) is 27.4 Å². The SMILES string of the molecule is C=C(F)C(=O)N1CCN(c2nc(OC(=O)[C@@H]3CCCN3C)nc3c2COC(c2cccc4cccc(Cl)c24)C3)C[C@@H]1CC#N. The fourth-order valence-electron chi connectivity index (χ4n) is 6.45. The van der Waals surface area contributed by atoms with Crippen molar-refractivity contribution in [1.29, 1.82) is 5.26 Å². The summed E-state index contributed by atoms with van der Waals surface area (Å²) in [6.07, 6.45) is 1.60. The van der Waals surface area contributed by atoms with Gasteiger partial charge in [0.1, 0.15) is 11.9 Å². The molecule has 0 bridgehead atoms. The van der Waals surface area contributed by atoms with Crippen LogP contribution in [-0.4, -0.2) is 77.0 Å².